The number of carboxylic acids is 1. The molecule has 1 saturated carbocycles. The Bertz CT molecular complexity index is 456. The number of hydrogen-bond acceptors (Lipinski definition) is 6. The number of carboxylic acid groups (broad SMARTS) is 1. The van der Waals surface area contributed by atoms with Crippen molar-refractivity contribution in [2.75, 3.05) is 0 Å². The molecule has 1 rings (SSSR count). The average Bonchev–Trinajstić information content (AvgIpc) is 2.53. The molecule has 0 aliphatic heterocycles. The summed E-state index contributed by atoms with van der Waals surface area (Å²) in [5.74, 6) is -2.37. The molecule has 2 unspecified atom stereocenters. The standard InChI is InChI=1S/C17H29NO6/c1-4-13(21)23-16(11(2)3)24-15(22)14(18)17(10-12(19)20)8-6-5-7-9-17/h11,14,16H,4-10,18H2,1-3H3,(H,19,20). The zero-order valence-electron chi connectivity index (χ0n) is 14.7. The maximum Gasteiger partial charge on any atom is 0.326 e. The van der Waals surface area contributed by atoms with E-state index in [1.165, 1.54) is 0 Å². The van der Waals surface area contributed by atoms with E-state index < -0.39 is 35.7 Å². The van der Waals surface area contributed by atoms with Crippen LogP contribution in [0.5, 0.6) is 0 Å². The molecule has 7 heteroatoms. The summed E-state index contributed by atoms with van der Waals surface area (Å²) in [6.45, 7) is 5.18. The van der Waals surface area contributed by atoms with Crippen molar-refractivity contribution in [1.29, 1.82) is 0 Å². The van der Waals surface area contributed by atoms with Gasteiger partial charge in [0.05, 0.1) is 6.42 Å². The molecule has 2 atom stereocenters. The molecule has 0 bridgehead atoms. The third-order valence-corrected chi connectivity index (χ3v) is 4.58. The Morgan fingerprint density at radius 3 is 2.17 bits per heavy atom. The van der Waals surface area contributed by atoms with Crippen molar-refractivity contribution < 1.29 is 29.0 Å². The first-order valence-electron chi connectivity index (χ1n) is 8.59. The first kappa shape index (κ1) is 20.4. The van der Waals surface area contributed by atoms with Crippen molar-refractivity contribution in [1.82, 2.24) is 0 Å². The Hall–Kier alpha value is -1.63. The zero-order valence-corrected chi connectivity index (χ0v) is 14.7. The van der Waals surface area contributed by atoms with Gasteiger partial charge in [-0.05, 0) is 12.8 Å². The van der Waals surface area contributed by atoms with Crippen molar-refractivity contribution >= 4 is 17.9 Å². The van der Waals surface area contributed by atoms with E-state index in [-0.39, 0.29) is 18.8 Å². The number of esters is 2. The van der Waals surface area contributed by atoms with E-state index in [9.17, 15) is 19.5 Å². The molecule has 0 aromatic carbocycles. The number of nitrogens with two attached hydrogens (primary N) is 1. The van der Waals surface area contributed by atoms with Crippen LogP contribution in [0.1, 0.15) is 65.7 Å². The van der Waals surface area contributed by atoms with Gasteiger partial charge in [-0.15, -0.1) is 0 Å². The van der Waals surface area contributed by atoms with Gasteiger partial charge in [-0.3, -0.25) is 14.4 Å². The molecule has 0 radical (unpaired) electrons. The Morgan fingerprint density at radius 1 is 1.12 bits per heavy atom. The smallest absolute Gasteiger partial charge is 0.326 e. The quantitative estimate of drug-likeness (QED) is 0.512. The minimum atomic E-state index is -1.05. The Labute approximate surface area is 142 Å². The lowest BCUT2D eigenvalue weighted by atomic mass is 9.67. The van der Waals surface area contributed by atoms with Crippen LogP contribution in [0.25, 0.3) is 0 Å². The molecular weight excluding hydrogens is 314 g/mol. The second kappa shape index (κ2) is 9.01. The second-order valence-electron chi connectivity index (χ2n) is 6.86. The summed E-state index contributed by atoms with van der Waals surface area (Å²) in [7, 11) is 0. The van der Waals surface area contributed by atoms with Gasteiger partial charge >= 0.3 is 17.9 Å². The molecule has 3 N–H and O–H groups in total. The molecule has 1 aliphatic carbocycles. The molecule has 0 aromatic heterocycles. The fraction of sp³-hybridized carbons (Fsp3) is 0.824. The fourth-order valence-electron chi connectivity index (χ4n) is 3.10. The van der Waals surface area contributed by atoms with Crippen molar-refractivity contribution in [3.63, 3.8) is 0 Å². The first-order chi connectivity index (χ1) is 11.2. The second-order valence-corrected chi connectivity index (χ2v) is 6.86. The molecule has 0 saturated heterocycles. The molecule has 1 aliphatic rings. The van der Waals surface area contributed by atoms with Gasteiger partial charge in [-0.25, -0.2) is 0 Å². The molecule has 1 fully saturated rings. The monoisotopic (exact) mass is 343 g/mol. The molecular formula is C17H29NO6. The molecule has 0 amide bonds. The van der Waals surface area contributed by atoms with Crippen molar-refractivity contribution in [2.45, 2.75) is 78.0 Å². The summed E-state index contributed by atoms with van der Waals surface area (Å²) in [5, 5.41) is 9.21. The van der Waals surface area contributed by atoms with Crippen LogP contribution in [0.15, 0.2) is 0 Å². The lowest BCUT2D eigenvalue weighted by molar-refractivity contribution is -0.198. The zero-order chi connectivity index (χ0) is 18.3. The van der Waals surface area contributed by atoms with Crippen molar-refractivity contribution in [3.8, 4) is 0 Å². The summed E-state index contributed by atoms with van der Waals surface area (Å²) in [6.07, 6.45) is 2.85. The predicted octanol–water partition coefficient (Wildman–Crippen LogP) is 2.22. The highest BCUT2D eigenvalue weighted by Gasteiger charge is 2.45. The van der Waals surface area contributed by atoms with Gasteiger partial charge in [0.1, 0.15) is 6.04 Å². The summed E-state index contributed by atoms with van der Waals surface area (Å²) >= 11 is 0. The Morgan fingerprint density at radius 2 is 1.71 bits per heavy atom. The lowest BCUT2D eigenvalue weighted by Crippen LogP contribution is -2.51. The summed E-state index contributed by atoms with van der Waals surface area (Å²) < 4.78 is 10.4. The van der Waals surface area contributed by atoms with E-state index in [0.717, 1.165) is 19.3 Å². The largest absolute Gasteiger partial charge is 0.481 e. The highest BCUT2D eigenvalue weighted by Crippen LogP contribution is 2.42. The molecule has 24 heavy (non-hydrogen) atoms. The number of ether oxygens (including phenoxy) is 2. The maximum atomic E-state index is 12.5. The van der Waals surface area contributed by atoms with Crippen molar-refractivity contribution in [3.05, 3.63) is 0 Å². The summed E-state index contributed by atoms with van der Waals surface area (Å²) in [5.41, 5.74) is 5.31. The summed E-state index contributed by atoms with van der Waals surface area (Å²) in [6, 6.07) is -1.05. The molecule has 138 valence electrons. The van der Waals surface area contributed by atoms with Gasteiger partial charge in [0, 0.05) is 17.8 Å². The minimum absolute atomic E-state index is 0.162. The number of carbonyl (C=O) groups is 3. The number of hydrogen-bond donors (Lipinski definition) is 2. The third-order valence-electron chi connectivity index (χ3n) is 4.58. The van der Waals surface area contributed by atoms with Crippen LogP contribution < -0.4 is 5.73 Å². The predicted molar refractivity (Wildman–Crippen MR) is 86.8 cm³/mol. The van der Waals surface area contributed by atoms with Crippen LogP contribution in [0.3, 0.4) is 0 Å². The maximum absolute atomic E-state index is 12.5. The lowest BCUT2D eigenvalue weighted by Gasteiger charge is -2.40. The number of carbonyl (C=O) groups excluding carboxylic acids is 2. The Kier molecular flexibility index (Phi) is 7.66. The van der Waals surface area contributed by atoms with E-state index in [1.807, 2.05) is 0 Å². The van der Waals surface area contributed by atoms with Gasteiger partial charge in [-0.1, -0.05) is 40.0 Å². The van der Waals surface area contributed by atoms with Crippen molar-refractivity contribution in [2.24, 2.45) is 17.1 Å². The molecule has 0 aromatic rings. The number of aliphatic carboxylic acids is 1. The third kappa shape index (κ3) is 5.47. The number of rotatable bonds is 8. The van der Waals surface area contributed by atoms with Crippen LogP contribution >= 0.6 is 0 Å². The van der Waals surface area contributed by atoms with E-state index in [2.05, 4.69) is 0 Å². The van der Waals surface area contributed by atoms with Crippen LogP contribution in [0, 0.1) is 11.3 Å². The van der Waals surface area contributed by atoms with Gasteiger partial charge in [-0.2, -0.15) is 0 Å². The average molecular weight is 343 g/mol. The Balaban J connectivity index is 2.84. The molecule has 0 heterocycles. The highest BCUT2D eigenvalue weighted by atomic mass is 16.7. The van der Waals surface area contributed by atoms with Crippen LogP contribution in [-0.2, 0) is 23.9 Å². The van der Waals surface area contributed by atoms with Crippen LogP contribution in [-0.4, -0.2) is 35.3 Å². The first-order valence-corrected chi connectivity index (χ1v) is 8.59. The summed E-state index contributed by atoms with van der Waals surface area (Å²) in [4.78, 5) is 35.2. The van der Waals surface area contributed by atoms with Crippen LogP contribution in [0.4, 0.5) is 0 Å². The van der Waals surface area contributed by atoms with E-state index in [0.29, 0.717) is 12.8 Å². The van der Waals surface area contributed by atoms with Gasteiger partial charge in [0.2, 0.25) is 6.29 Å². The van der Waals surface area contributed by atoms with Gasteiger partial charge < -0.3 is 20.3 Å². The highest BCUT2D eigenvalue weighted by molar-refractivity contribution is 5.79. The van der Waals surface area contributed by atoms with E-state index >= 15 is 0 Å². The van der Waals surface area contributed by atoms with E-state index in [1.54, 1.807) is 20.8 Å². The SMILES string of the molecule is CCC(=O)OC(OC(=O)C(N)C1(CC(=O)O)CCCCC1)C(C)C. The normalized spacial score (nSPS) is 19.4. The fourth-order valence-corrected chi connectivity index (χ4v) is 3.10. The van der Waals surface area contributed by atoms with Gasteiger partial charge in [0.25, 0.3) is 0 Å². The van der Waals surface area contributed by atoms with Gasteiger partial charge in [0.15, 0.2) is 0 Å². The van der Waals surface area contributed by atoms with Crippen LogP contribution in [0.2, 0.25) is 0 Å². The molecule has 0 spiro atoms. The topological polar surface area (TPSA) is 116 Å². The minimum Gasteiger partial charge on any atom is -0.481 e. The van der Waals surface area contributed by atoms with E-state index in [4.69, 9.17) is 15.2 Å². The molecule has 7 nitrogen and oxygen atoms in total.